The van der Waals surface area contributed by atoms with Gasteiger partial charge in [0.2, 0.25) is 11.4 Å². The average molecular weight is 361 g/mol. The zero-order chi connectivity index (χ0) is 18.8. The number of pyridine rings is 1. The SMILES string of the molecule is CCn1cc(C(=O)O)c(=O)c2cnc(N3CCN(CC(C)O)CC3)nc21. The number of nitrogens with zero attached hydrogens (tertiary/aromatic N) is 5. The lowest BCUT2D eigenvalue weighted by molar-refractivity contribution is 0.0695. The zero-order valence-electron chi connectivity index (χ0n) is 14.9. The second-order valence-corrected chi connectivity index (χ2v) is 6.51. The van der Waals surface area contributed by atoms with E-state index < -0.39 is 11.4 Å². The third-order valence-electron chi connectivity index (χ3n) is 4.55. The molecule has 1 fully saturated rings. The molecule has 140 valence electrons. The number of hydrogen-bond acceptors (Lipinski definition) is 7. The van der Waals surface area contributed by atoms with Crippen molar-refractivity contribution in [3.05, 3.63) is 28.2 Å². The highest BCUT2D eigenvalue weighted by atomic mass is 16.4. The van der Waals surface area contributed by atoms with Gasteiger partial charge in [0.1, 0.15) is 11.2 Å². The van der Waals surface area contributed by atoms with Gasteiger partial charge in [-0.2, -0.15) is 4.98 Å². The number of carboxylic acids is 1. The molecule has 0 amide bonds. The van der Waals surface area contributed by atoms with E-state index in [0.717, 1.165) is 26.2 Å². The summed E-state index contributed by atoms with van der Waals surface area (Å²) in [6.45, 7) is 7.81. The Morgan fingerprint density at radius 3 is 2.58 bits per heavy atom. The standard InChI is InChI=1S/C17H23N5O4/c1-3-21-10-13(16(25)26)14(24)12-8-18-17(19-15(12)21)22-6-4-20(5-7-22)9-11(2)23/h8,10-11,23H,3-7,9H2,1-2H3,(H,25,26). The molecule has 9 heteroatoms. The second-order valence-electron chi connectivity index (χ2n) is 6.51. The van der Waals surface area contributed by atoms with Gasteiger partial charge in [-0.1, -0.05) is 0 Å². The molecule has 0 bridgehead atoms. The molecule has 1 saturated heterocycles. The van der Waals surface area contributed by atoms with Gasteiger partial charge in [-0.05, 0) is 13.8 Å². The van der Waals surface area contributed by atoms with Crippen LogP contribution in [0, 0.1) is 0 Å². The smallest absolute Gasteiger partial charge is 0.341 e. The number of hydrogen-bond donors (Lipinski definition) is 2. The molecule has 0 aliphatic carbocycles. The number of anilines is 1. The lowest BCUT2D eigenvalue weighted by Crippen LogP contribution is -2.48. The summed E-state index contributed by atoms with van der Waals surface area (Å²) in [4.78, 5) is 36.7. The van der Waals surface area contributed by atoms with E-state index in [1.54, 1.807) is 11.5 Å². The van der Waals surface area contributed by atoms with Crippen LogP contribution < -0.4 is 10.3 Å². The van der Waals surface area contributed by atoms with Gasteiger partial charge in [-0.25, -0.2) is 9.78 Å². The molecule has 0 spiro atoms. The van der Waals surface area contributed by atoms with Crippen LogP contribution >= 0.6 is 0 Å². The normalized spacial score (nSPS) is 16.8. The average Bonchev–Trinajstić information content (AvgIpc) is 2.61. The summed E-state index contributed by atoms with van der Waals surface area (Å²) >= 11 is 0. The molecular weight excluding hydrogens is 338 g/mol. The van der Waals surface area contributed by atoms with E-state index in [-0.39, 0.29) is 17.1 Å². The number of carboxylic acid groups (broad SMARTS) is 1. The first-order valence-corrected chi connectivity index (χ1v) is 8.69. The number of carbonyl (C=O) groups is 1. The van der Waals surface area contributed by atoms with Crippen LogP contribution in [0.25, 0.3) is 11.0 Å². The Morgan fingerprint density at radius 1 is 1.31 bits per heavy atom. The Bertz CT molecular complexity index is 871. The van der Waals surface area contributed by atoms with Crippen molar-refractivity contribution >= 4 is 23.0 Å². The van der Waals surface area contributed by atoms with Crippen LogP contribution in [-0.4, -0.2) is 74.4 Å². The predicted molar refractivity (Wildman–Crippen MR) is 96.8 cm³/mol. The molecule has 3 rings (SSSR count). The number of aliphatic hydroxyl groups is 1. The van der Waals surface area contributed by atoms with Crippen molar-refractivity contribution in [1.29, 1.82) is 0 Å². The van der Waals surface area contributed by atoms with Crippen molar-refractivity contribution < 1.29 is 15.0 Å². The Morgan fingerprint density at radius 2 is 2.00 bits per heavy atom. The fourth-order valence-corrected chi connectivity index (χ4v) is 3.21. The summed E-state index contributed by atoms with van der Waals surface area (Å²) in [7, 11) is 0. The quantitative estimate of drug-likeness (QED) is 0.766. The Balaban J connectivity index is 1.91. The van der Waals surface area contributed by atoms with Crippen LogP contribution in [0.5, 0.6) is 0 Å². The number of rotatable bonds is 5. The summed E-state index contributed by atoms with van der Waals surface area (Å²) < 4.78 is 1.66. The highest BCUT2D eigenvalue weighted by Crippen LogP contribution is 2.16. The molecule has 26 heavy (non-hydrogen) atoms. The molecular formula is C17H23N5O4. The van der Waals surface area contributed by atoms with Crippen LogP contribution in [0.15, 0.2) is 17.2 Å². The molecule has 3 heterocycles. The molecule has 1 aliphatic heterocycles. The summed E-state index contributed by atoms with van der Waals surface area (Å²) in [5.74, 6) is -0.726. The van der Waals surface area contributed by atoms with Crippen molar-refractivity contribution in [3.8, 4) is 0 Å². The number of fused-ring (bicyclic) bond motifs is 1. The predicted octanol–water partition coefficient (Wildman–Crippen LogP) is 0.0124. The van der Waals surface area contributed by atoms with E-state index in [1.807, 2.05) is 11.8 Å². The van der Waals surface area contributed by atoms with Gasteiger partial charge in [0, 0.05) is 51.7 Å². The van der Waals surface area contributed by atoms with Crippen LogP contribution in [0.1, 0.15) is 24.2 Å². The van der Waals surface area contributed by atoms with Crippen LogP contribution in [0.3, 0.4) is 0 Å². The monoisotopic (exact) mass is 361 g/mol. The number of aliphatic hydroxyl groups excluding tert-OH is 1. The van der Waals surface area contributed by atoms with Gasteiger partial charge in [0.05, 0.1) is 11.5 Å². The minimum atomic E-state index is -1.25. The summed E-state index contributed by atoms with van der Waals surface area (Å²) in [5.41, 5.74) is -0.396. The lowest BCUT2D eigenvalue weighted by Gasteiger charge is -2.35. The molecule has 2 aromatic rings. The fraction of sp³-hybridized carbons (Fsp3) is 0.529. The molecule has 0 aromatic carbocycles. The van der Waals surface area contributed by atoms with Crippen molar-refractivity contribution in [3.63, 3.8) is 0 Å². The molecule has 0 saturated carbocycles. The van der Waals surface area contributed by atoms with Crippen LogP contribution in [-0.2, 0) is 6.54 Å². The first-order valence-electron chi connectivity index (χ1n) is 8.69. The Kier molecular flexibility index (Phi) is 5.19. The van der Waals surface area contributed by atoms with E-state index in [1.165, 1.54) is 12.4 Å². The Labute approximate surface area is 150 Å². The summed E-state index contributed by atoms with van der Waals surface area (Å²) in [5, 5.41) is 18.9. The number of β-amino-alcohol motifs (C(OH)–C–C–N with tert-alkyl or cyclic N) is 1. The van der Waals surface area contributed by atoms with Gasteiger partial charge in [0.15, 0.2) is 0 Å². The van der Waals surface area contributed by atoms with Gasteiger partial charge in [-0.3, -0.25) is 9.69 Å². The molecule has 2 aromatic heterocycles. The number of aromatic nitrogens is 3. The maximum absolute atomic E-state index is 12.4. The number of aryl methyl sites for hydroxylation is 1. The Hall–Kier alpha value is -2.52. The molecule has 1 unspecified atom stereocenters. The maximum atomic E-state index is 12.4. The third kappa shape index (κ3) is 3.54. The highest BCUT2D eigenvalue weighted by molar-refractivity contribution is 5.91. The molecule has 0 radical (unpaired) electrons. The zero-order valence-corrected chi connectivity index (χ0v) is 14.9. The van der Waals surface area contributed by atoms with Crippen molar-refractivity contribution in [1.82, 2.24) is 19.4 Å². The first-order chi connectivity index (χ1) is 12.4. The van der Waals surface area contributed by atoms with E-state index in [4.69, 9.17) is 0 Å². The van der Waals surface area contributed by atoms with E-state index in [0.29, 0.717) is 24.7 Å². The highest BCUT2D eigenvalue weighted by Gasteiger charge is 2.21. The first kappa shape index (κ1) is 18.3. The van der Waals surface area contributed by atoms with Gasteiger partial charge in [0.25, 0.3) is 0 Å². The van der Waals surface area contributed by atoms with E-state index >= 15 is 0 Å². The molecule has 9 nitrogen and oxygen atoms in total. The fourth-order valence-electron chi connectivity index (χ4n) is 3.21. The summed E-state index contributed by atoms with van der Waals surface area (Å²) in [6.07, 6.45) is 2.39. The van der Waals surface area contributed by atoms with Gasteiger partial charge >= 0.3 is 5.97 Å². The topological polar surface area (TPSA) is 112 Å². The second kappa shape index (κ2) is 7.38. The maximum Gasteiger partial charge on any atom is 0.341 e. The van der Waals surface area contributed by atoms with Gasteiger partial charge < -0.3 is 19.7 Å². The number of aromatic carboxylic acids is 1. The summed E-state index contributed by atoms with van der Waals surface area (Å²) in [6, 6.07) is 0. The van der Waals surface area contributed by atoms with Gasteiger partial charge in [-0.15, -0.1) is 0 Å². The minimum absolute atomic E-state index is 0.211. The minimum Gasteiger partial charge on any atom is -0.477 e. The van der Waals surface area contributed by atoms with Crippen molar-refractivity contribution in [2.75, 3.05) is 37.6 Å². The van der Waals surface area contributed by atoms with Crippen LogP contribution in [0.2, 0.25) is 0 Å². The molecule has 1 atom stereocenters. The number of piperazine rings is 1. The third-order valence-corrected chi connectivity index (χ3v) is 4.55. The lowest BCUT2D eigenvalue weighted by atomic mass is 10.2. The molecule has 1 aliphatic rings. The molecule has 2 N–H and O–H groups in total. The largest absolute Gasteiger partial charge is 0.477 e. The van der Waals surface area contributed by atoms with E-state index in [2.05, 4.69) is 14.9 Å². The van der Waals surface area contributed by atoms with Crippen molar-refractivity contribution in [2.24, 2.45) is 0 Å². The van der Waals surface area contributed by atoms with E-state index in [9.17, 15) is 19.8 Å². The van der Waals surface area contributed by atoms with Crippen LogP contribution in [0.4, 0.5) is 5.95 Å². The van der Waals surface area contributed by atoms with Crippen molar-refractivity contribution in [2.45, 2.75) is 26.5 Å².